The van der Waals surface area contributed by atoms with Crippen LogP contribution in [0, 0.1) is 0 Å². The fourth-order valence-corrected chi connectivity index (χ4v) is 1.86. The molecule has 0 aromatic heterocycles. The molecule has 0 unspecified atom stereocenters. The highest BCUT2D eigenvalue weighted by molar-refractivity contribution is 5.99. The summed E-state index contributed by atoms with van der Waals surface area (Å²) in [6, 6.07) is 5.10. The molecule has 0 atom stereocenters. The number of hydrogen-bond donors (Lipinski definition) is 2. The molecule has 0 heterocycles. The molecule has 0 aliphatic heterocycles. The zero-order chi connectivity index (χ0) is 17.1. The molecule has 7 nitrogen and oxygen atoms in total. The first-order valence-corrected chi connectivity index (χ1v) is 7.53. The van der Waals surface area contributed by atoms with E-state index in [2.05, 4.69) is 10.6 Å². The minimum Gasteiger partial charge on any atom is -0.496 e. The predicted octanol–water partition coefficient (Wildman–Crippen LogP) is 1.96. The van der Waals surface area contributed by atoms with Crippen molar-refractivity contribution in [2.24, 2.45) is 0 Å². The van der Waals surface area contributed by atoms with E-state index in [0.29, 0.717) is 23.7 Å². The molecule has 0 saturated heterocycles. The third kappa shape index (κ3) is 6.06. The zero-order valence-electron chi connectivity index (χ0n) is 13.8. The molecule has 0 radical (unpaired) electrons. The number of rotatable bonds is 9. The molecule has 0 aliphatic carbocycles. The maximum Gasteiger partial charge on any atom is 0.407 e. The summed E-state index contributed by atoms with van der Waals surface area (Å²) in [5.41, 5.74) is 0.322. The molecule has 0 aliphatic rings. The smallest absolute Gasteiger partial charge is 0.407 e. The summed E-state index contributed by atoms with van der Waals surface area (Å²) in [5, 5.41) is 5.27. The number of alkyl carbamates (subject to hydrolysis) is 1. The van der Waals surface area contributed by atoms with Crippen LogP contribution in [0.5, 0.6) is 11.5 Å². The van der Waals surface area contributed by atoms with Crippen LogP contribution in [-0.4, -0.2) is 45.9 Å². The molecule has 2 N–H and O–H groups in total. The largest absolute Gasteiger partial charge is 0.496 e. The Labute approximate surface area is 136 Å². The standard InChI is InChI=1S/C16H24N2O5/c1-4-5-11-23-16(20)18-10-9-17-15(19)14-12(21-2)7-6-8-13(14)22-3/h6-8H,4-5,9-11H2,1-3H3,(H,17,19)(H,18,20). The van der Waals surface area contributed by atoms with Crippen LogP contribution in [0.15, 0.2) is 18.2 Å². The van der Waals surface area contributed by atoms with Crippen molar-refractivity contribution in [3.05, 3.63) is 23.8 Å². The van der Waals surface area contributed by atoms with Gasteiger partial charge >= 0.3 is 6.09 Å². The average Bonchev–Trinajstić information content (AvgIpc) is 2.57. The lowest BCUT2D eigenvalue weighted by molar-refractivity contribution is 0.0945. The SMILES string of the molecule is CCCCOC(=O)NCCNC(=O)c1c(OC)cccc1OC. The van der Waals surface area contributed by atoms with Crippen LogP contribution >= 0.6 is 0 Å². The van der Waals surface area contributed by atoms with Crippen LogP contribution in [0.2, 0.25) is 0 Å². The Kier molecular flexibility index (Phi) is 8.34. The highest BCUT2D eigenvalue weighted by atomic mass is 16.5. The van der Waals surface area contributed by atoms with E-state index in [1.54, 1.807) is 18.2 Å². The van der Waals surface area contributed by atoms with E-state index in [0.717, 1.165) is 12.8 Å². The van der Waals surface area contributed by atoms with Crippen molar-refractivity contribution in [1.29, 1.82) is 0 Å². The van der Waals surface area contributed by atoms with Crippen molar-refractivity contribution >= 4 is 12.0 Å². The minimum absolute atomic E-state index is 0.267. The summed E-state index contributed by atoms with van der Waals surface area (Å²) in [7, 11) is 2.97. The number of unbranched alkanes of at least 4 members (excludes halogenated alkanes) is 1. The normalized spacial score (nSPS) is 9.87. The topological polar surface area (TPSA) is 85.9 Å². The summed E-state index contributed by atoms with van der Waals surface area (Å²) in [6.45, 7) is 2.95. The number of carbonyl (C=O) groups is 2. The van der Waals surface area contributed by atoms with E-state index in [1.165, 1.54) is 14.2 Å². The second-order valence-corrected chi connectivity index (χ2v) is 4.71. The summed E-state index contributed by atoms with van der Waals surface area (Å²) < 4.78 is 15.3. The Hall–Kier alpha value is -2.44. The van der Waals surface area contributed by atoms with Gasteiger partial charge in [0.15, 0.2) is 0 Å². The molecule has 128 valence electrons. The lowest BCUT2D eigenvalue weighted by Gasteiger charge is -2.13. The monoisotopic (exact) mass is 324 g/mol. The van der Waals surface area contributed by atoms with Crippen molar-refractivity contribution in [3.63, 3.8) is 0 Å². The fraction of sp³-hybridized carbons (Fsp3) is 0.500. The number of benzene rings is 1. The first-order chi connectivity index (χ1) is 11.1. The lowest BCUT2D eigenvalue weighted by atomic mass is 10.1. The van der Waals surface area contributed by atoms with Crippen molar-refractivity contribution in [1.82, 2.24) is 10.6 Å². The van der Waals surface area contributed by atoms with Crippen molar-refractivity contribution in [2.45, 2.75) is 19.8 Å². The Bertz CT molecular complexity index is 497. The third-order valence-electron chi connectivity index (χ3n) is 3.07. The summed E-state index contributed by atoms with van der Waals surface area (Å²) in [6.07, 6.45) is 1.31. The number of carbonyl (C=O) groups excluding carboxylic acids is 2. The summed E-state index contributed by atoms with van der Waals surface area (Å²) >= 11 is 0. The van der Waals surface area contributed by atoms with Crippen LogP contribution < -0.4 is 20.1 Å². The van der Waals surface area contributed by atoms with Gasteiger partial charge in [0.2, 0.25) is 0 Å². The van der Waals surface area contributed by atoms with Gasteiger partial charge in [0.1, 0.15) is 17.1 Å². The molecule has 1 rings (SSSR count). The van der Waals surface area contributed by atoms with Crippen LogP contribution in [0.25, 0.3) is 0 Å². The molecule has 1 aromatic rings. The van der Waals surface area contributed by atoms with Gasteiger partial charge in [-0.2, -0.15) is 0 Å². The van der Waals surface area contributed by atoms with E-state index in [4.69, 9.17) is 14.2 Å². The second-order valence-electron chi connectivity index (χ2n) is 4.71. The number of amides is 2. The molecule has 0 fully saturated rings. The van der Waals surface area contributed by atoms with E-state index < -0.39 is 6.09 Å². The Balaban J connectivity index is 2.44. The van der Waals surface area contributed by atoms with Crippen LogP contribution in [0.1, 0.15) is 30.1 Å². The molecule has 0 saturated carbocycles. The molecular weight excluding hydrogens is 300 g/mol. The van der Waals surface area contributed by atoms with Gasteiger partial charge in [-0.1, -0.05) is 19.4 Å². The van der Waals surface area contributed by atoms with Gasteiger partial charge in [-0.25, -0.2) is 4.79 Å². The lowest BCUT2D eigenvalue weighted by Crippen LogP contribution is -2.35. The van der Waals surface area contributed by atoms with E-state index in [9.17, 15) is 9.59 Å². The fourth-order valence-electron chi connectivity index (χ4n) is 1.86. The van der Waals surface area contributed by atoms with Gasteiger partial charge in [-0.3, -0.25) is 4.79 Å². The van der Waals surface area contributed by atoms with Gasteiger partial charge in [0, 0.05) is 13.1 Å². The zero-order valence-corrected chi connectivity index (χ0v) is 13.8. The minimum atomic E-state index is -0.484. The predicted molar refractivity (Wildman–Crippen MR) is 86.1 cm³/mol. The Morgan fingerprint density at radius 3 is 2.22 bits per heavy atom. The average molecular weight is 324 g/mol. The van der Waals surface area contributed by atoms with Crippen molar-refractivity contribution in [2.75, 3.05) is 33.9 Å². The second kappa shape index (κ2) is 10.3. The van der Waals surface area contributed by atoms with E-state index in [-0.39, 0.29) is 19.0 Å². The molecular formula is C16H24N2O5. The van der Waals surface area contributed by atoms with Gasteiger partial charge in [-0.15, -0.1) is 0 Å². The van der Waals surface area contributed by atoms with Crippen LogP contribution in [0.3, 0.4) is 0 Å². The molecule has 7 heteroatoms. The quantitative estimate of drug-likeness (QED) is 0.678. The van der Waals surface area contributed by atoms with Gasteiger partial charge in [0.25, 0.3) is 5.91 Å². The first kappa shape index (κ1) is 18.6. The van der Waals surface area contributed by atoms with Crippen LogP contribution in [0.4, 0.5) is 4.79 Å². The number of hydrogen-bond acceptors (Lipinski definition) is 5. The Morgan fingerprint density at radius 1 is 1.04 bits per heavy atom. The number of nitrogens with one attached hydrogen (secondary N) is 2. The van der Waals surface area contributed by atoms with Gasteiger partial charge in [-0.05, 0) is 18.6 Å². The molecule has 0 spiro atoms. The van der Waals surface area contributed by atoms with Crippen molar-refractivity contribution in [3.8, 4) is 11.5 Å². The van der Waals surface area contributed by atoms with Gasteiger partial charge < -0.3 is 24.8 Å². The number of ether oxygens (including phenoxy) is 3. The van der Waals surface area contributed by atoms with E-state index in [1.807, 2.05) is 6.92 Å². The first-order valence-electron chi connectivity index (χ1n) is 7.53. The maximum atomic E-state index is 12.2. The highest BCUT2D eigenvalue weighted by Crippen LogP contribution is 2.27. The third-order valence-corrected chi connectivity index (χ3v) is 3.07. The van der Waals surface area contributed by atoms with Gasteiger partial charge in [0.05, 0.1) is 20.8 Å². The summed E-state index contributed by atoms with van der Waals surface area (Å²) in [5.74, 6) is 0.517. The molecule has 23 heavy (non-hydrogen) atoms. The summed E-state index contributed by atoms with van der Waals surface area (Å²) in [4.78, 5) is 23.6. The molecule has 2 amide bonds. The number of methoxy groups -OCH3 is 2. The van der Waals surface area contributed by atoms with Crippen molar-refractivity contribution < 1.29 is 23.8 Å². The highest BCUT2D eigenvalue weighted by Gasteiger charge is 2.17. The van der Waals surface area contributed by atoms with Crippen LogP contribution in [-0.2, 0) is 4.74 Å². The molecule has 1 aromatic carbocycles. The molecule has 0 bridgehead atoms. The van der Waals surface area contributed by atoms with E-state index >= 15 is 0 Å². The Morgan fingerprint density at radius 2 is 1.65 bits per heavy atom. The maximum absolute atomic E-state index is 12.2.